The molecule has 114 valence electrons. The first kappa shape index (κ1) is 15.3. The van der Waals surface area contributed by atoms with Gasteiger partial charge in [0.25, 0.3) is 5.56 Å². The monoisotopic (exact) mass is 312 g/mol. The minimum Gasteiger partial charge on any atom is -0.447 e. The van der Waals surface area contributed by atoms with Gasteiger partial charge in [-0.25, -0.2) is 4.79 Å². The van der Waals surface area contributed by atoms with Crippen LogP contribution in [0.15, 0.2) is 11.0 Å². The zero-order valence-electron chi connectivity index (χ0n) is 11.5. The van der Waals surface area contributed by atoms with E-state index in [4.69, 9.17) is 22.7 Å². The number of aromatic amines is 2. The van der Waals surface area contributed by atoms with Crippen molar-refractivity contribution in [2.45, 2.75) is 13.5 Å². The molecule has 0 radical (unpaired) electrons. The summed E-state index contributed by atoms with van der Waals surface area (Å²) in [5.74, 6) is 0. The van der Waals surface area contributed by atoms with Crippen LogP contribution in [0.3, 0.4) is 0 Å². The highest BCUT2D eigenvalue weighted by molar-refractivity contribution is 7.71. The summed E-state index contributed by atoms with van der Waals surface area (Å²) in [5, 5.41) is 0. The molecule has 9 heteroatoms. The minimum absolute atomic E-state index is 0.102. The zero-order valence-corrected chi connectivity index (χ0v) is 12.3. The van der Waals surface area contributed by atoms with Gasteiger partial charge in [-0.3, -0.25) is 9.78 Å². The number of aromatic nitrogens is 3. The van der Waals surface area contributed by atoms with Gasteiger partial charge in [0.05, 0.1) is 18.7 Å². The number of H-pyrrole nitrogens is 2. The van der Waals surface area contributed by atoms with E-state index in [0.29, 0.717) is 23.4 Å². The Morgan fingerprint density at radius 3 is 2.90 bits per heavy atom. The number of nitrogens with two attached hydrogens (primary N) is 1. The molecule has 1 amide bonds. The van der Waals surface area contributed by atoms with E-state index >= 15 is 0 Å². The van der Waals surface area contributed by atoms with Crippen LogP contribution in [0.4, 0.5) is 4.79 Å². The highest BCUT2D eigenvalue weighted by Crippen LogP contribution is 2.14. The van der Waals surface area contributed by atoms with Crippen molar-refractivity contribution in [1.29, 1.82) is 0 Å². The number of carbonyl (C=O) groups is 1. The molecule has 0 aliphatic carbocycles. The lowest BCUT2D eigenvalue weighted by molar-refractivity contribution is 0.0727. The van der Waals surface area contributed by atoms with Crippen LogP contribution in [0.5, 0.6) is 0 Å². The fourth-order valence-electron chi connectivity index (χ4n) is 2.04. The third-order valence-corrected chi connectivity index (χ3v) is 3.26. The van der Waals surface area contributed by atoms with E-state index in [9.17, 15) is 9.59 Å². The Hall–Kier alpha value is -2.13. The molecule has 0 unspecified atom stereocenters. The van der Waals surface area contributed by atoms with E-state index in [2.05, 4.69) is 14.7 Å². The molecule has 0 saturated carbocycles. The maximum atomic E-state index is 11.8. The summed E-state index contributed by atoms with van der Waals surface area (Å²) in [5.41, 5.74) is 6.77. The van der Waals surface area contributed by atoms with Gasteiger partial charge in [-0.1, -0.05) is 0 Å². The van der Waals surface area contributed by atoms with E-state index < -0.39 is 6.09 Å². The molecule has 0 saturated heterocycles. The molecule has 0 aliphatic heterocycles. The van der Waals surface area contributed by atoms with E-state index in [1.807, 2.05) is 6.92 Å². The van der Waals surface area contributed by atoms with Crippen LogP contribution in [0, 0.1) is 11.7 Å². The Bertz CT molecular complexity index is 761. The predicted octanol–water partition coefficient (Wildman–Crippen LogP) is 0.808. The van der Waals surface area contributed by atoms with Gasteiger partial charge in [-0.15, -0.1) is 0 Å². The molecule has 0 fully saturated rings. The number of amides is 1. The molecule has 2 aromatic heterocycles. The van der Waals surface area contributed by atoms with Gasteiger partial charge in [-0.2, -0.15) is 0 Å². The minimum atomic E-state index is -0.828. The summed E-state index contributed by atoms with van der Waals surface area (Å²) in [6.07, 6.45) is 0.929. The number of fused-ring (bicyclic) bond motifs is 1. The van der Waals surface area contributed by atoms with Gasteiger partial charge < -0.3 is 24.8 Å². The number of hydrogen-bond donors (Lipinski definition) is 3. The van der Waals surface area contributed by atoms with Crippen molar-refractivity contribution < 1.29 is 14.3 Å². The van der Waals surface area contributed by atoms with Crippen molar-refractivity contribution in [1.82, 2.24) is 14.5 Å². The number of hydrogen-bond acceptors (Lipinski definition) is 5. The fourth-order valence-corrected chi connectivity index (χ4v) is 2.31. The number of primary amides is 1. The smallest absolute Gasteiger partial charge is 0.404 e. The third-order valence-electron chi connectivity index (χ3n) is 2.94. The van der Waals surface area contributed by atoms with Gasteiger partial charge in [0.1, 0.15) is 12.1 Å². The van der Waals surface area contributed by atoms with Gasteiger partial charge in [0.15, 0.2) is 4.77 Å². The average Bonchev–Trinajstić information content (AvgIpc) is 2.79. The van der Waals surface area contributed by atoms with Crippen molar-refractivity contribution in [2.75, 3.05) is 19.8 Å². The molecule has 2 heterocycles. The second-order valence-electron chi connectivity index (χ2n) is 4.39. The van der Waals surface area contributed by atoms with E-state index in [-0.39, 0.29) is 18.8 Å². The molecular weight excluding hydrogens is 296 g/mol. The Labute approximate surface area is 124 Å². The molecule has 0 spiro atoms. The number of aryl methyl sites for hydroxylation is 1. The van der Waals surface area contributed by atoms with Crippen molar-refractivity contribution in [3.63, 3.8) is 0 Å². The van der Waals surface area contributed by atoms with Gasteiger partial charge in [0.2, 0.25) is 0 Å². The third kappa shape index (κ3) is 3.50. The van der Waals surface area contributed by atoms with Crippen LogP contribution in [0.25, 0.3) is 11.0 Å². The topological polar surface area (TPSA) is 115 Å². The summed E-state index contributed by atoms with van der Waals surface area (Å²) in [6, 6.07) is 0. The number of nitrogens with one attached hydrogen (secondary N) is 2. The van der Waals surface area contributed by atoms with Crippen molar-refractivity contribution in [2.24, 2.45) is 5.73 Å². The lowest BCUT2D eigenvalue weighted by Crippen LogP contribution is -2.19. The van der Waals surface area contributed by atoms with Crippen LogP contribution < -0.4 is 11.3 Å². The number of rotatable bonds is 6. The summed E-state index contributed by atoms with van der Waals surface area (Å²) >= 11 is 5.18. The molecule has 2 rings (SSSR count). The average molecular weight is 312 g/mol. The standard InChI is InChI=1S/C12H16N4O4S/c1-7-6-14-8-9(7)16(12(21)15-10(8)17)2-3-19-4-5-20-11(13)18/h6,14H,2-5H2,1H3,(H2,13,18)(H,15,17,21). The highest BCUT2D eigenvalue weighted by Gasteiger charge is 2.09. The molecule has 2 aromatic rings. The van der Waals surface area contributed by atoms with Gasteiger partial charge >= 0.3 is 6.09 Å². The summed E-state index contributed by atoms with van der Waals surface area (Å²) in [6.45, 7) is 3.08. The maximum absolute atomic E-state index is 11.8. The van der Waals surface area contributed by atoms with Crippen molar-refractivity contribution >= 4 is 29.3 Å². The molecule has 0 bridgehead atoms. The second kappa shape index (κ2) is 6.55. The zero-order chi connectivity index (χ0) is 15.4. The SMILES string of the molecule is Cc1c[nH]c2c(=O)[nH]c(=S)n(CCOCCOC(N)=O)c12. The quantitative estimate of drug-likeness (QED) is 0.539. The van der Waals surface area contributed by atoms with Gasteiger partial charge in [-0.05, 0) is 24.7 Å². The first-order valence-electron chi connectivity index (χ1n) is 6.31. The molecule has 8 nitrogen and oxygen atoms in total. The molecule has 0 atom stereocenters. The molecule has 0 aromatic carbocycles. The fraction of sp³-hybridized carbons (Fsp3) is 0.417. The predicted molar refractivity (Wildman–Crippen MR) is 78.8 cm³/mol. The van der Waals surface area contributed by atoms with Crippen LogP contribution in [0.1, 0.15) is 5.56 Å². The Balaban J connectivity index is 2.05. The normalized spacial score (nSPS) is 10.9. The largest absolute Gasteiger partial charge is 0.447 e. The van der Waals surface area contributed by atoms with Crippen LogP contribution >= 0.6 is 12.2 Å². The lowest BCUT2D eigenvalue weighted by atomic mass is 10.3. The number of ether oxygens (including phenoxy) is 2. The molecular formula is C12H16N4O4S. The Kier molecular flexibility index (Phi) is 4.76. The molecule has 4 N–H and O–H groups in total. The van der Waals surface area contributed by atoms with E-state index in [1.165, 1.54) is 0 Å². The second-order valence-corrected chi connectivity index (χ2v) is 4.77. The van der Waals surface area contributed by atoms with E-state index in [0.717, 1.165) is 11.1 Å². The summed E-state index contributed by atoms with van der Waals surface area (Å²) in [7, 11) is 0. The van der Waals surface area contributed by atoms with Gasteiger partial charge in [0, 0.05) is 12.7 Å². The lowest BCUT2D eigenvalue weighted by Gasteiger charge is -2.10. The summed E-state index contributed by atoms with van der Waals surface area (Å²) < 4.78 is 12.0. The molecule has 0 aliphatic rings. The number of carbonyl (C=O) groups excluding carboxylic acids is 1. The number of nitrogens with zero attached hydrogens (tertiary/aromatic N) is 1. The van der Waals surface area contributed by atoms with Crippen molar-refractivity contribution in [3.8, 4) is 0 Å². The maximum Gasteiger partial charge on any atom is 0.404 e. The highest BCUT2D eigenvalue weighted by atomic mass is 32.1. The van der Waals surface area contributed by atoms with E-state index in [1.54, 1.807) is 10.8 Å². The van der Waals surface area contributed by atoms with Crippen molar-refractivity contribution in [3.05, 3.63) is 26.9 Å². The van der Waals surface area contributed by atoms with Crippen LogP contribution in [-0.2, 0) is 16.0 Å². The molecule has 21 heavy (non-hydrogen) atoms. The summed E-state index contributed by atoms with van der Waals surface area (Å²) in [4.78, 5) is 27.7. The van der Waals surface area contributed by atoms with Crippen LogP contribution in [0.2, 0.25) is 0 Å². The Morgan fingerprint density at radius 1 is 1.43 bits per heavy atom. The first-order valence-corrected chi connectivity index (χ1v) is 6.72. The van der Waals surface area contributed by atoms with Crippen LogP contribution in [-0.4, -0.2) is 40.4 Å². The first-order chi connectivity index (χ1) is 10.0. The Morgan fingerprint density at radius 2 is 2.19 bits per heavy atom.